The highest BCUT2D eigenvalue weighted by molar-refractivity contribution is 7.81. The fourth-order valence-electron chi connectivity index (χ4n) is 5.88. The van der Waals surface area contributed by atoms with Crippen molar-refractivity contribution in [2.24, 2.45) is 0 Å². The van der Waals surface area contributed by atoms with Gasteiger partial charge in [0.25, 0.3) is 0 Å². The first-order valence-corrected chi connectivity index (χ1v) is 15.1. The summed E-state index contributed by atoms with van der Waals surface area (Å²) in [6, 6.07) is 16.1. The first-order chi connectivity index (χ1) is 19.6. The number of ether oxygens (including phenoxy) is 1. The van der Waals surface area contributed by atoms with E-state index in [2.05, 4.69) is 17.4 Å². The van der Waals surface area contributed by atoms with Gasteiger partial charge in [-0.05, 0) is 98.4 Å². The highest BCUT2D eigenvalue weighted by Crippen LogP contribution is 2.44. The van der Waals surface area contributed by atoms with Gasteiger partial charge in [0.2, 0.25) is 0 Å². The molecule has 11 heteroatoms. The number of fused-ring (bicyclic) bond motifs is 3. The number of hydrogen-bond acceptors (Lipinski definition) is 7. The summed E-state index contributed by atoms with van der Waals surface area (Å²) in [5.74, 6) is -0.270. The van der Waals surface area contributed by atoms with Crippen LogP contribution in [0.5, 0.6) is 5.75 Å². The molecule has 1 N–H and O–H groups in total. The molecule has 42 heavy (non-hydrogen) atoms. The molecular formula is C31H35BFNO7S. The lowest BCUT2D eigenvalue weighted by Gasteiger charge is -2.32. The van der Waals surface area contributed by atoms with Gasteiger partial charge in [-0.1, -0.05) is 52.4 Å². The molecule has 1 heterocycles. The lowest BCUT2D eigenvalue weighted by atomic mass is 9.71. The number of benzene rings is 3. The van der Waals surface area contributed by atoms with Crippen molar-refractivity contribution in [3.8, 4) is 16.9 Å². The molecule has 0 bridgehead atoms. The normalized spacial score (nSPS) is 17.1. The topological polar surface area (TPSA) is 100 Å². The number of alkyl carbamates (subject to hydrolysis) is 1. The zero-order valence-electron chi connectivity index (χ0n) is 24.8. The molecule has 3 aromatic rings. The highest BCUT2D eigenvalue weighted by Gasteiger charge is 2.53. The van der Waals surface area contributed by atoms with E-state index in [0.717, 1.165) is 22.3 Å². The Hall–Kier alpha value is -3.41. The molecule has 1 amide bonds. The van der Waals surface area contributed by atoms with E-state index in [1.54, 1.807) is 13.8 Å². The van der Waals surface area contributed by atoms with E-state index in [9.17, 15) is 17.1 Å². The Morgan fingerprint density at radius 1 is 0.905 bits per heavy atom. The summed E-state index contributed by atoms with van der Waals surface area (Å²) in [5.41, 5.74) is 5.59. The third-order valence-electron chi connectivity index (χ3n) is 8.82. The molecular weight excluding hydrogens is 560 g/mol. The van der Waals surface area contributed by atoms with Crippen LogP contribution >= 0.6 is 0 Å². The summed E-state index contributed by atoms with van der Waals surface area (Å²) in [5, 5.41) is 2.77. The van der Waals surface area contributed by atoms with E-state index in [4.69, 9.17) is 18.2 Å². The van der Waals surface area contributed by atoms with Crippen LogP contribution in [0, 0.1) is 20.8 Å². The van der Waals surface area contributed by atoms with Crippen molar-refractivity contribution in [1.82, 2.24) is 5.32 Å². The standard InChI is InChI=1S/C31H35BFNO7S/c1-18-25(16-34-29(35)38-17-26-23-14-10-8-12-21(23)22-13-9-11-15-24(22)26)19(2)28(39-42(33,36)37)20(3)27(18)32-40-30(4,5)31(6,7)41-32/h8-15,26H,16-17H2,1-7H3,(H,34,35). The van der Waals surface area contributed by atoms with Crippen LogP contribution in [0.1, 0.15) is 67.0 Å². The predicted octanol–water partition coefficient (Wildman–Crippen LogP) is 5.54. The van der Waals surface area contributed by atoms with Crippen LogP contribution in [0.25, 0.3) is 11.1 Å². The first kappa shape index (κ1) is 30.1. The van der Waals surface area contributed by atoms with Gasteiger partial charge in [-0.25, -0.2) is 4.79 Å². The van der Waals surface area contributed by atoms with Crippen LogP contribution < -0.4 is 15.0 Å². The van der Waals surface area contributed by atoms with Gasteiger partial charge in [-0.3, -0.25) is 0 Å². The average molecular weight is 595 g/mol. The maximum absolute atomic E-state index is 13.8. The van der Waals surface area contributed by atoms with Crippen molar-refractivity contribution in [3.05, 3.63) is 81.9 Å². The van der Waals surface area contributed by atoms with Gasteiger partial charge in [0.15, 0.2) is 5.75 Å². The molecule has 0 atom stereocenters. The minimum atomic E-state index is -5.33. The molecule has 5 rings (SSSR count). The molecule has 0 aromatic heterocycles. The minimum Gasteiger partial charge on any atom is -0.449 e. The van der Waals surface area contributed by atoms with Crippen molar-refractivity contribution >= 4 is 29.2 Å². The monoisotopic (exact) mass is 595 g/mol. The molecule has 1 saturated heterocycles. The zero-order valence-corrected chi connectivity index (χ0v) is 25.6. The van der Waals surface area contributed by atoms with Crippen molar-refractivity contribution in [2.45, 2.75) is 72.1 Å². The SMILES string of the molecule is Cc1c(CNC(=O)OCC2c3ccccc3-c3ccccc32)c(C)c(B2OC(C)(C)C(C)(C)O2)c(C)c1OS(=O)(=O)F. The lowest BCUT2D eigenvalue weighted by Crippen LogP contribution is -2.41. The van der Waals surface area contributed by atoms with E-state index in [-0.39, 0.29) is 24.8 Å². The largest absolute Gasteiger partial charge is 0.495 e. The maximum atomic E-state index is 13.8. The van der Waals surface area contributed by atoms with E-state index in [1.807, 2.05) is 71.0 Å². The molecule has 0 unspecified atom stereocenters. The summed E-state index contributed by atoms with van der Waals surface area (Å²) in [7, 11) is -6.20. The summed E-state index contributed by atoms with van der Waals surface area (Å²) >= 11 is 0. The Kier molecular flexibility index (Phi) is 7.66. The maximum Gasteiger partial charge on any atom is 0.495 e. The molecule has 0 saturated carbocycles. The van der Waals surface area contributed by atoms with E-state index < -0.39 is 34.9 Å². The number of carbonyl (C=O) groups is 1. The van der Waals surface area contributed by atoms with Crippen LogP contribution in [0.3, 0.4) is 0 Å². The summed E-state index contributed by atoms with van der Waals surface area (Å²) < 4.78 is 59.8. The fourth-order valence-corrected chi connectivity index (χ4v) is 6.33. The van der Waals surface area contributed by atoms with E-state index in [0.29, 0.717) is 27.7 Å². The minimum absolute atomic E-state index is 0.0240. The fraction of sp³-hybridized carbons (Fsp3) is 0.387. The van der Waals surface area contributed by atoms with Crippen LogP contribution in [0.4, 0.5) is 8.68 Å². The van der Waals surface area contributed by atoms with Crippen molar-refractivity contribution < 1.29 is 35.3 Å². The van der Waals surface area contributed by atoms with Crippen LogP contribution in [0.2, 0.25) is 0 Å². The molecule has 8 nitrogen and oxygen atoms in total. The molecule has 1 aliphatic heterocycles. The second kappa shape index (κ2) is 10.7. The Morgan fingerprint density at radius 2 is 1.43 bits per heavy atom. The van der Waals surface area contributed by atoms with Gasteiger partial charge in [0, 0.05) is 12.5 Å². The predicted molar refractivity (Wildman–Crippen MR) is 159 cm³/mol. The highest BCUT2D eigenvalue weighted by atomic mass is 32.3. The number of nitrogens with one attached hydrogen (secondary N) is 1. The first-order valence-electron chi connectivity index (χ1n) is 13.8. The second-order valence-electron chi connectivity index (χ2n) is 11.8. The number of carbonyl (C=O) groups excluding carboxylic acids is 1. The van der Waals surface area contributed by atoms with Gasteiger partial charge < -0.3 is 23.5 Å². The van der Waals surface area contributed by atoms with Crippen LogP contribution in [-0.4, -0.2) is 39.4 Å². The Bertz CT molecular complexity index is 1610. The van der Waals surface area contributed by atoms with Gasteiger partial charge in [-0.15, -0.1) is 0 Å². The van der Waals surface area contributed by atoms with Crippen molar-refractivity contribution in [3.63, 3.8) is 0 Å². The molecule has 0 spiro atoms. The van der Waals surface area contributed by atoms with Crippen LogP contribution in [-0.2, 0) is 31.1 Å². The smallest absolute Gasteiger partial charge is 0.449 e. The number of hydrogen-bond donors (Lipinski definition) is 1. The van der Waals surface area contributed by atoms with E-state index in [1.165, 1.54) is 0 Å². The number of halogens is 1. The van der Waals surface area contributed by atoms with Gasteiger partial charge in [-0.2, -0.15) is 8.42 Å². The van der Waals surface area contributed by atoms with Gasteiger partial charge in [0.05, 0.1) is 11.2 Å². The third-order valence-corrected chi connectivity index (χ3v) is 9.19. The molecule has 1 aliphatic carbocycles. The molecule has 1 fully saturated rings. The molecule has 0 radical (unpaired) electrons. The molecule has 3 aromatic carbocycles. The Balaban J connectivity index is 1.39. The van der Waals surface area contributed by atoms with E-state index >= 15 is 0 Å². The molecule has 2 aliphatic rings. The summed E-state index contributed by atoms with van der Waals surface area (Å²) in [6.07, 6.45) is -0.644. The number of amides is 1. The van der Waals surface area contributed by atoms with Gasteiger partial charge >= 0.3 is 23.7 Å². The van der Waals surface area contributed by atoms with Crippen molar-refractivity contribution in [2.75, 3.05) is 6.61 Å². The Morgan fingerprint density at radius 3 is 1.95 bits per heavy atom. The quantitative estimate of drug-likeness (QED) is 0.283. The Labute approximate surface area is 247 Å². The van der Waals surface area contributed by atoms with Crippen molar-refractivity contribution in [1.29, 1.82) is 0 Å². The number of rotatable bonds is 7. The van der Waals surface area contributed by atoms with Gasteiger partial charge in [0.1, 0.15) is 6.61 Å². The third kappa shape index (κ3) is 5.41. The second-order valence-corrected chi connectivity index (χ2v) is 12.8. The lowest BCUT2D eigenvalue weighted by molar-refractivity contribution is 0.00578. The average Bonchev–Trinajstić information content (AvgIpc) is 3.33. The summed E-state index contributed by atoms with van der Waals surface area (Å²) in [4.78, 5) is 12.9. The van der Waals surface area contributed by atoms with Crippen LogP contribution in [0.15, 0.2) is 48.5 Å². The summed E-state index contributed by atoms with van der Waals surface area (Å²) in [6.45, 7) is 12.8. The zero-order chi connectivity index (χ0) is 30.6. The molecule has 222 valence electrons.